The lowest BCUT2D eigenvalue weighted by atomic mass is 10.2. The van der Waals surface area contributed by atoms with Crippen LogP contribution in [-0.2, 0) is 9.53 Å². The van der Waals surface area contributed by atoms with Crippen LogP contribution in [0.2, 0.25) is 5.02 Å². The van der Waals surface area contributed by atoms with Gasteiger partial charge in [-0.15, -0.1) is 0 Å². The van der Waals surface area contributed by atoms with Gasteiger partial charge in [-0.05, 0) is 37.5 Å². The first-order chi connectivity index (χ1) is 9.15. The minimum absolute atomic E-state index is 0.0714. The molecule has 0 aliphatic carbocycles. The quantitative estimate of drug-likeness (QED) is 0.872. The van der Waals surface area contributed by atoms with E-state index in [0.29, 0.717) is 5.02 Å². The number of hydrogen-bond acceptors (Lipinski definition) is 3. The van der Waals surface area contributed by atoms with Gasteiger partial charge in [0, 0.05) is 23.9 Å². The van der Waals surface area contributed by atoms with E-state index in [4.69, 9.17) is 16.3 Å². The summed E-state index contributed by atoms with van der Waals surface area (Å²) in [6, 6.07) is 5.49. The fourth-order valence-electron chi connectivity index (χ4n) is 2.03. The second-order valence-electron chi connectivity index (χ2n) is 4.78. The zero-order chi connectivity index (χ0) is 13.7. The van der Waals surface area contributed by atoms with Crippen molar-refractivity contribution < 1.29 is 9.53 Å². The fraction of sp³-hybridized carbons (Fsp3) is 0.500. The molecular weight excluding hydrogens is 264 g/mol. The largest absolute Gasteiger partial charge is 0.377 e. The second kappa shape index (κ2) is 6.89. The lowest BCUT2D eigenvalue weighted by molar-refractivity contribution is -0.115. The summed E-state index contributed by atoms with van der Waals surface area (Å²) in [5.74, 6) is -0.0714. The standard InChI is InChI=1S/C14H19ClN2O2/c1-10-4-5-11(7-13(10)15)17-14(18)9-16-8-12-3-2-6-19-12/h4-5,7,12,16H,2-3,6,8-9H2,1H3,(H,17,18). The van der Waals surface area contributed by atoms with Crippen molar-refractivity contribution in [1.82, 2.24) is 5.32 Å². The molecule has 1 saturated heterocycles. The second-order valence-corrected chi connectivity index (χ2v) is 5.19. The van der Waals surface area contributed by atoms with Gasteiger partial charge in [-0.25, -0.2) is 0 Å². The number of halogens is 1. The van der Waals surface area contributed by atoms with Gasteiger partial charge in [-0.2, -0.15) is 0 Å². The third kappa shape index (κ3) is 4.49. The average Bonchev–Trinajstić information content (AvgIpc) is 2.87. The van der Waals surface area contributed by atoms with E-state index in [-0.39, 0.29) is 18.6 Å². The van der Waals surface area contributed by atoms with Crippen LogP contribution in [0.1, 0.15) is 18.4 Å². The fourth-order valence-corrected chi connectivity index (χ4v) is 2.21. The molecule has 1 aromatic carbocycles. The Bertz CT molecular complexity index is 445. The van der Waals surface area contributed by atoms with Crippen LogP contribution < -0.4 is 10.6 Å². The van der Waals surface area contributed by atoms with Crippen LogP contribution in [0.3, 0.4) is 0 Å². The molecule has 1 amide bonds. The summed E-state index contributed by atoms with van der Waals surface area (Å²) in [7, 11) is 0. The Morgan fingerprint density at radius 1 is 1.53 bits per heavy atom. The maximum atomic E-state index is 11.7. The van der Waals surface area contributed by atoms with Crippen molar-refractivity contribution in [2.24, 2.45) is 0 Å². The lowest BCUT2D eigenvalue weighted by Gasteiger charge is -2.11. The maximum Gasteiger partial charge on any atom is 0.238 e. The first-order valence-corrected chi connectivity index (χ1v) is 6.91. The topological polar surface area (TPSA) is 50.4 Å². The third-order valence-corrected chi connectivity index (χ3v) is 3.54. The number of ether oxygens (including phenoxy) is 1. The third-order valence-electron chi connectivity index (χ3n) is 3.14. The molecule has 1 fully saturated rings. The van der Waals surface area contributed by atoms with Gasteiger partial charge in [0.25, 0.3) is 0 Å². The number of nitrogens with one attached hydrogen (secondary N) is 2. The van der Waals surface area contributed by atoms with Crippen molar-refractivity contribution in [2.75, 3.05) is 25.0 Å². The van der Waals surface area contributed by atoms with Gasteiger partial charge in [0.15, 0.2) is 0 Å². The number of carbonyl (C=O) groups excluding carboxylic acids is 1. The first-order valence-electron chi connectivity index (χ1n) is 6.53. The van der Waals surface area contributed by atoms with E-state index in [2.05, 4.69) is 10.6 Å². The molecular formula is C14H19ClN2O2. The van der Waals surface area contributed by atoms with E-state index < -0.39 is 0 Å². The van der Waals surface area contributed by atoms with Crippen molar-refractivity contribution in [3.05, 3.63) is 28.8 Å². The van der Waals surface area contributed by atoms with E-state index in [1.54, 1.807) is 6.07 Å². The summed E-state index contributed by atoms with van der Waals surface area (Å²) < 4.78 is 5.47. The molecule has 0 spiro atoms. The molecule has 19 heavy (non-hydrogen) atoms. The van der Waals surface area contributed by atoms with E-state index in [9.17, 15) is 4.79 Å². The Kier molecular flexibility index (Phi) is 5.19. The van der Waals surface area contributed by atoms with Crippen LogP contribution in [0, 0.1) is 6.92 Å². The summed E-state index contributed by atoms with van der Waals surface area (Å²) >= 11 is 6.00. The highest BCUT2D eigenvalue weighted by molar-refractivity contribution is 6.31. The van der Waals surface area contributed by atoms with Crippen molar-refractivity contribution in [2.45, 2.75) is 25.9 Å². The molecule has 5 heteroatoms. The Hall–Kier alpha value is -1.10. The van der Waals surface area contributed by atoms with Gasteiger partial charge in [0.05, 0.1) is 12.6 Å². The molecule has 104 valence electrons. The molecule has 0 aromatic heterocycles. The molecule has 0 radical (unpaired) electrons. The summed E-state index contributed by atoms with van der Waals surface area (Å²) in [6.45, 7) is 3.77. The number of hydrogen-bond donors (Lipinski definition) is 2. The SMILES string of the molecule is Cc1ccc(NC(=O)CNCC2CCCO2)cc1Cl. The van der Waals surface area contributed by atoms with Gasteiger partial charge in [0.1, 0.15) is 0 Å². The molecule has 1 heterocycles. The minimum atomic E-state index is -0.0714. The Morgan fingerprint density at radius 3 is 3.05 bits per heavy atom. The van der Waals surface area contributed by atoms with Gasteiger partial charge < -0.3 is 15.4 Å². The van der Waals surface area contributed by atoms with Crippen LogP contribution >= 0.6 is 11.6 Å². The molecule has 2 N–H and O–H groups in total. The van der Waals surface area contributed by atoms with Crippen LogP contribution in [0.5, 0.6) is 0 Å². The highest BCUT2D eigenvalue weighted by Gasteiger charge is 2.15. The number of rotatable bonds is 5. The molecule has 0 bridgehead atoms. The summed E-state index contributed by atoms with van der Waals surface area (Å²) in [5, 5.41) is 6.57. The Labute approximate surface area is 118 Å². The predicted octanol–water partition coefficient (Wildman–Crippen LogP) is 2.36. The number of aryl methyl sites for hydroxylation is 1. The smallest absolute Gasteiger partial charge is 0.238 e. The predicted molar refractivity (Wildman–Crippen MR) is 76.7 cm³/mol. The van der Waals surface area contributed by atoms with Gasteiger partial charge in [0.2, 0.25) is 5.91 Å². The van der Waals surface area contributed by atoms with E-state index in [0.717, 1.165) is 37.2 Å². The van der Waals surface area contributed by atoms with Gasteiger partial charge in [-0.3, -0.25) is 4.79 Å². The number of amides is 1. The van der Waals surface area contributed by atoms with Crippen molar-refractivity contribution in [3.8, 4) is 0 Å². The molecule has 1 aliphatic heterocycles. The lowest BCUT2D eigenvalue weighted by Crippen LogP contribution is -2.33. The average molecular weight is 283 g/mol. The minimum Gasteiger partial charge on any atom is -0.377 e. The van der Waals surface area contributed by atoms with E-state index in [1.807, 2.05) is 19.1 Å². The Balaban J connectivity index is 1.72. The summed E-state index contributed by atoms with van der Waals surface area (Å²) in [4.78, 5) is 11.7. The van der Waals surface area contributed by atoms with Crippen molar-refractivity contribution in [3.63, 3.8) is 0 Å². The molecule has 0 saturated carbocycles. The highest BCUT2D eigenvalue weighted by Crippen LogP contribution is 2.19. The van der Waals surface area contributed by atoms with E-state index >= 15 is 0 Å². The molecule has 1 aliphatic rings. The Morgan fingerprint density at radius 2 is 2.37 bits per heavy atom. The maximum absolute atomic E-state index is 11.7. The monoisotopic (exact) mass is 282 g/mol. The molecule has 4 nitrogen and oxygen atoms in total. The van der Waals surface area contributed by atoms with Crippen LogP contribution in [0.25, 0.3) is 0 Å². The summed E-state index contributed by atoms with van der Waals surface area (Å²) in [6.07, 6.45) is 2.43. The van der Waals surface area contributed by atoms with Crippen molar-refractivity contribution in [1.29, 1.82) is 0 Å². The molecule has 2 rings (SSSR count). The van der Waals surface area contributed by atoms with Crippen molar-refractivity contribution >= 4 is 23.2 Å². The molecule has 1 aromatic rings. The molecule has 1 atom stereocenters. The number of carbonyl (C=O) groups is 1. The zero-order valence-electron chi connectivity index (χ0n) is 11.0. The van der Waals surface area contributed by atoms with Crippen LogP contribution in [0.4, 0.5) is 5.69 Å². The van der Waals surface area contributed by atoms with Crippen LogP contribution in [0.15, 0.2) is 18.2 Å². The number of anilines is 1. The highest BCUT2D eigenvalue weighted by atomic mass is 35.5. The van der Waals surface area contributed by atoms with Crippen LogP contribution in [-0.4, -0.2) is 31.7 Å². The first kappa shape index (κ1) is 14.3. The zero-order valence-corrected chi connectivity index (χ0v) is 11.8. The summed E-state index contributed by atoms with van der Waals surface area (Å²) in [5.41, 5.74) is 1.72. The van der Waals surface area contributed by atoms with Gasteiger partial charge in [-0.1, -0.05) is 17.7 Å². The van der Waals surface area contributed by atoms with E-state index in [1.165, 1.54) is 0 Å². The number of benzene rings is 1. The van der Waals surface area contributed by atoms with Gasteiger partial charge >= 0.3 is 0 Å². The normalized spacial score (nSPS) is 18.5. The molecule has 1 unspecified atom stereocenters.